The number of rotatable bonds is 3. The van der Waals surface area contributed by atoms with Crippen LogP contribution in [0.5, 0.6) is 0 Å². The van der Waals surface area contributed by atoms with E-state index < -0.39 is 11.0 Å². The Morgan fingerprint density at radius 3 is 2.73 bits per heavy atom. The number of urea groups is 1. The summed E-state index contributed by atoms with van der Waals surface area (Å²) in [5, 5.41) is 11.0. The van der Waals surface area contributed by atoms with Crippen molar-refractivity contribution < 1.29 is 9.72 Å². The predicted octanol–water partition coefficient (Wildman–Crippen LogP) is 1.95. The Kier molecular flexibility index (Phi) is 4.97. The number of nitrogens with two attached hydrogens (primary N) is 1. The number of nitrogens with zero attached hydrogens (tertiary/aromatic N) is 5. The summed E-state index contributed by atoms with van der Waals surface area (Å²) in [5.41, 5.74) is 6.74. The summed E-state index contributed by atoms with van der Waals surface area (Å²) >= 11 is 0. The molecule has 2 heterocycles. The first kappa shape index (κ1) is 17.6. The number of carbonyl (C=O) groups excluding carboxylic acids is 1. The van der Waals surface area contributed by atoms with Gasteiger partial charge in [0, 0.05) is 55.6 Å². The molecule has 0 spiro atoms. The summed E-state index contributed by atoms with van der Waals surface area (Å²) in [5.74, 6) is 1.19. The van der Waals surface area contributed by atoms with Gasteiger partial charge in [-0.05, 0) is 13.3 Å². The highest BCUT2D eigenvalue weighted by Crippen LogP contribution is 2.24. The molecule has 2 aromatic rings. The molecule has 1 aliphatic heterocycles. The largest absolute Gasteiger partial charge is 0.355 e. The van der Waals surface area contributed by atoms with Crippen molar-refractivity contribution in [1.82, 2.24) is 14.9 Å². The Hall–Kier alpha value is -3.23. The van der Waals surface area contributed by atoms with Gasteiger partial charge >= 0.3 is 6.03 Å². The van der Waals surface area contributed by atoms with Crippen LogP contribution in [0.3, 0.4) is 0 Å². The number of primary amides is 1. The van der Waals surface area contributed by atoms with Gasteiger partial charge < -0.3 is 15.5 Å². The van der Waals surface area contributed by atoms with Crippen LogP contribution in [0.15, 0.2) is 30.3 Å². The number of anilines is 1. The maximum Gasteiger partial charge on any atom is 0.314 e. The van der Waals surface area contributed by atoms with Gasteiger partial charge in [-0.1, -0.05) is 12.1 Å². The molecular weight excluding hydrogens is 336 g/mol. The lowest BCUT2D eigenvalue weighted by Gasteiger charge is -2.22. The van der Waals surface area contributed by atoms with Crippen molar-refractivity contribution in [3.63, 3.8) is 0 Å². The van der Waals surface area contributed by atoms with E-state index in [4.69, 9.17) is 5.73 Å². The minimum Gasteiger partial charge on any atom is -0.355 e. The molecule has 1 aromatic carbocycles. The molecule has 1 fully saturated rings. The average molecular weight is 356 g/mol. The van der Waals surface area contributed by atoms with Crippen LogP contribution in [0.4, 0.5) is 16.3 Å². The smallest absolute Gasteiger partial charge is 0.314 e. The lowest BCUT2D eigenvalue weighted by molar-refractivity contribution is -0.384. The lowest BCUT2D eigenvalue weighted by atomic mass is 10.2. The van der Waals surface area contributed by atoms with Crippen LogP contribution < -0.4 is 10.6 Å². The van der Waals surface area contributed by atoms with Crippen molar-refractivity contribution in [2.75, 3.05) is 31.1 Å². The van der Waals surface area contributed by atoms with Crippen LogP contribution in [-0.4, -0.2) is 52.0 Å². The molecule has 0 saturated carbocycles. The second-order valence-electron chi connectivity index (χ2n) is 6.16. The minimum absolute atomic E-state index is 0.000952. The van der Waals surface area contributed by atoms with Gasteiger partial charge in [0.2, 0.25) is 0 Å². The SMILES string of the molecule is Cc1cc(N2CCCN(C(N)=O)CC2)nc(-c2cccc([N+](=O)[O-])c2)n1. The van der Waals surface area contributed by atoms with Gasteiger partial charge in [-0.15, -0.1) is 0 Å². The Bertz CT molecular complexity index is 841. The number of aryl methyl sites for hydroxylation is 1. The highest BCUT2D eigenvalue weighted by atomic mass is 16.6. The summed E-state index contributed by atoms with van der Waals surface area (Å²) in [6, 6.07) is 7.74. The summed E-state index contributed by atoms with van der Waals surface area (Å²) in [6.45, 7) is 4.38. The monoisotopic (exact) mass is 356 g/mol. The van der Waals surface area contributed by atoms with Crippen LogP contribution >= 0.6 is 0 Å². The fourth-order valence-corrected chi connectivity index (χ4v) is 2.97. The van der Waals surface area contributed by atoms with Gasteiger partial charge in [0.25, 0.3) is 5.69 Å². The second kappa shape index (κ2) is 7.34. The Morgan fingerprint density at radius 1 is 1.19 bits per heavy atom. The third-order valence-electron chi connectivity index (χ3n) is 4.29. The molecule has 1 saturated heterocycles. The van der Waals surface area contributed by atoms with Crippen molar-refractivity contribution in [2.45, 2.75) is 13.3 Å². The molecule has 3 rings (SSSR count). The molecule has 136 valence electrons. The normalized spacial score (nSPS) is 14.8. The van der Waals surface area contributed by atoms with Crippen LogP contribution in [0, 0.1) is 17.0 Å². The maximum atomic E-state index is 11.4. The van der Waals surface area contributed by atoms with Gasteiger partial charge in [-0.3, -0.25) is 10.1 Å². The van der Waals surface area contributed by atoms with Gasteiger partial charge in [0.05, 0.1) is 4.92 Å². The number of benzene rings is 1. The number of nitro groups is 1. The van der Waals surface area contributed by atoms with Crippen LogP contribution in [0.2, 0.25) is 0 Å². The zero-order valence-corrected chi connectivity index (χ0v) is 14.5. The summed E-state index contributed by atoms with van der Waals surface area (Å²) in [6.07, 6.45) is 0.790. The first-order chi connectivity index (χ1) is 12.4. The maximum absolute atomic E-state index is 11.4. The molecule has 2 amide bonds. The Balaban J connectivity index is 1.89. The van der Waals surface area contributed by atoms with Gasteiger partial charge in [0.15, 0.2) is 5.82 Å². The van der Waals surface area contributed by atoms with Crippen LogP contribution in [0.1, 0.15) is 12.1 Å². The van der Waals surface area contributed by atoms with E-state index in [2.05, 4.69) is 14.9 Å². The summed E-state index contributed by atoms with van der Waals surface area (Å²) < 4.78 is 0. The number of carbonyl (C=O) groups is 1. The topological polar surface area (TPSA) is 118 Å². The number of amides is 2. The third kappa shape index (κ3) is 3.88. The van der Waals surface area contributed by atoms with Crippen LogP contribution in [-0.2, 0) is 0 Å². The zero-order chi connectivity index (χ0) is 18.7. The molecule has 26 heavy (non-hydrogen) atoms. The molecule has 0 radical (unpaired) electrons. The summed E-state index contributed by atoms with van der Waals surface area (Å²) in [7, 11) is 0. The number of hydrogen-bond acceptors (Lipinski definition) is 6. The molecule has 9 nitrogen and oxygen atoms in total. The third-order valence-corrected chi connectivity index (χ3v) is 4.29. The van der Waals surface area contributed by atoms with E-state index in [1.54, 1.807) is 17.0 Å². The van der Waals surface area contributed by atoms with Crippen molar-refractivity contribution in [3.8, 4) is 11.4 Å². The van der Waals surface area contributed by atoms with E-state index in [0.717, 1.165) is 24.5 Å². The molecule has 0 unspecified atom stereocenters. The first-order valence-electron chi connectivity index (χ1n) is 8.34. The zero-order valence-electron chi connectivity index (χ0n) is 14.5. The van der Waals surface area contributed by atoms with E-state index in [0.29, 0.717) is 31.0 Å². The van der Waals surface area contributed by atoms with Gasteiger partial charge in [-0.2, -0.15) is 0 Å². The van der Waals surface area contributed by atoms with E-state index in [1.807, 2.05) is 13.0 Å². The van der Waals surface area contributed by atoms with Gasteiger partial charge in [0.1, 0.15) is 5.82 Å². The predicted molar refractivity (Wildman–Crippen MR) is 96.8 cm³/mol. The lowest BCUT2D eigenvalue weighted by Crippen LogP contribution is -2.38. The molecule has 0 bridgehead atoms. The van der Waals surface area contributed by atoms with E-state index in [-0.39, 0.29) is 5.69 Å². The second-order valence-corrected chi connectivity index (χ2v) is 6.16. The van der Waals surface area contributed by atoms with E-state index in [9.17, 15) is 14.9 Å². The molecule has 1 aliphatic rings. The Labute approximate surface area is 150 Å². The molecular formula is C17H20N6O3. The number of nitro benzene ring substituents is 1. The van der Waals surface area contributed by atoms with E-state index in [1.165, 1.54) is 12.1 Å². The Morgan fingerprint density at radius 2 is 2.00 bits per heavy atom. The highest BCUT2D eigenvalue weighted by Gasteiger charge is 2.19. The number of non-ortho nitro benzene ring substituents is 1. The minimum atomic E-state index is -0.437. The van der Waals surface area contributed by atoms with Crippen molar-refractivity contribution >= 4 is 17.5 Å². The molecule has 9 heteroatoms. The highest BCUT2D eigenvalue weighted by molar-refractivity contribution is 5.72. The molecule has 0 aliphatic carbocycles. The van der Waals surface area contributed by atoms with Crippen molar-refractivity contribution in [3.05, 3.63) is 46.1 Å². The van der Waals surface area contributed by atoms with E-state index >= 15 is 0 Å². The quantitative estimate of drug-likeness (QED) is 0.663. The van der Waals surface area contributed by atoms with Gasteiger partial charge in [-0.25, -0.2) is 14.8 Å². The molecule has 2 N–H and O–H groups in total. The molecule has 1 aromatic heterocycles. The van der Waals surface area contributed by atoms with Crippen molar-refractivity contribution in [2.24, 2.45) is 5.73 Å². The standard InChI is InChI=1S/C17H20N6O3/c1-12-10-15(21-6-3-7-22(9-8-21)17(18)24)20-16(19-12)13-4-2-5-14(11-13)23(25)26/h2,4-5,10-11H,3,6-9H2,1H3,(H2,18,24). The fraction of sp³-hybridized carbons (Fsp3) is 0.353. The number of hydrogen-bond donors (Lipinski definition) is 1. The average Bonchev–Trinajstić information content (AvgIpc) is 2.87. The number of aromatic nitrogens is 2. The molecule has 0 atom stereocenters. The van der Waals surface area contributed by atoms with Crippen LogP contribution in [0.25, 0.3) is 11.4 Å². The first-order valence-corrected chi connectivity index (χ1v) is 8.34. The fourth-order valence-electron chi connectivity index (χ4n) is 2.97. The van der Waals surface area contributed by atoms with Crippen molar-refractivity contribution in [1.29, 1.82) is 0 Å². The summed E-state index contributed by atoms with van der Waals surface area (Å²) in [4.78, 5) is 34.7.